The molecule has 4 nitrogen and oxygen atoms in total. The molecule has 0 aliphatic rings. The summed E-state index contributed by atoms with van der Waals surface area (Å²) in [5.41, 5.74) is 6.67. The minimum atomic E-state index is 0.434. The average Bonchev–Trinajstić information content (AvgIpc) is 2.65. The number of rotatable bonds is 6. The molecule has 1 heterocycles. The third-order valence-electron chi connectivity index (χ3n) is 2.47. The van der Waals surface area contributed by atoms with Crippen molar-refractivity contribution >= 4 is 0 Å². The molecule has 0 atom stereocenters. The van der Waals surface area contributed by atoms with E-state index in [0.29, 0.717) is 12.6 Å². The van der Waals surface area contributed by atoms with Gasteiger partial charge in [-0.1, -0.05) is 6.92 Å². The lowest BCUT2D eigenvalue weighted by atomic mass is 10.3. The van der Waals surface area contributed by atoms with Gasteiger partial charge in [0.2, 0.25) is 0 Å². The predicted octanol–water partition coefficient (Wildman–Crippen LogP) is 1.24. The first kappa shape index (κ1) is 12.2. The van der Waals surface area contributed by atoms with E-state index in [9.17, 15) is 0 Å². The highest BCUT2D eigenvalue weighted by molar-refractivity contribution is 4.99. The van der Waals surface area contributed by atoms with E-state index < -0.39 is 0 Å². The maximum absolute atomic E-state index is 5.54. The highest BCUT2D eigenvalue weighted by atomic mass is 15.3. The Kier molecular flexibility index (Phi) is 4.78. The van der Waals surface area contributed by atoms with Crippen LogP contribution >= 0.6 is 0 Å². The summed E-state index contributed by atoms with van der Waals surface area (Å²) < 4.78 is 1.99. The van der Waals surface area contributed by atoms with E-state index >= 15 is 0 Å². The van der Waals surface area contributed by atoms with Crippen LogP contribution in [0.4, 0.5) is 0 Å². The van der Waals surface area contributed by atoms with E-state index in [-0.39, 0.29) is 0 Å². The van der Waals surface area contributed by atoms with Crippen molar-refractivity contribution in [3.05, 3.63) is 18.0 Å². The highest BCUT2D eigenvalue weighted by Gasteiger charge is 2.06. The lowest BCUT2D eigenvalue weighted by Gasteiger charge is -2.17. The van der Waals surface area contributed by atoms with Gasteiger partial charge in [0.15, 0.2) is 0 Å². The average molecular weight is 210 g/mol. The molecule has 0 aromatic carbocycles. The van der Waals surface area contributed by atoms with Crippen LogP contribution < -0.4 is 5.73 Å². The van der Waals surface area contributed by atoms with Gasteiger partial charge in [0.25, 0.3) is 0 Å². The van der Waals surface area contributed by atoms with Crippen LogP contribution in [0.1, 0.15) is 32.5 Å². The summed E-state index contributed by atoms with van der Waals surface area (Å²) in [4.78, 5) is 2.30. The summed E-state index contributed by atoms with van der Waals surface area (Å²) in [6.07, 6.45) is 2.04. The van der Waals surface area contributed by atoms with Crippen molar-refractivity contribution in [2.45, 2.75) is 33.4 Å². The van der Waals surface area contributed by atoms with Crippen LogP contribution in [-0.4, -0.2) is 34.3 Å². The van der Waals surface area contributed by atoms with Crippen LogP contribution in [0.2, 0.25) is 0 Å². The third-order valence-corrected chi connectivity index (χ3v) is 2.47. The van der Waals surface area contributed by atoms with Crippen molar-refractivity contribution in [1.82, 2.24) is 14.7 Å². The molecular weight excluding hydrogens is 188 g/mol. The van der Waals surface area contributed by atoms with E-state index in [0.717, 1.165) is 25.3 Å². The zero-order chi connectivity index (χ0) is 11.3. The molecule has 0 fully saturated rings. The molecule has 0 aliphatic heterocycles. The SMILES string of the molecule is CCN(CCN)Cc1ccn(C(C)C)n1. The summed E-state index contributed by atoms with van der Waals surface area (Å²) in [6, 6.07) is 2.52. The molecule has 0 saturated heterocycles. The predicted molar refractivity (Wildman–Crippen MR) is 62.6 cm³/mol. The number of nitrogens with two attached hydrogens (primary N) is 1. The van der Waals surface area contributed by atoms with Crippen LogP contribution in [0, 0.1) is 0 Å². The second kappa shape index (κ2) is 5.88. The second-order valence-electron chi connectivity index (χ2n) is 4.04. The van der Waals surface area contributed by atoms with Gasteiger partial charge in [-0.25, -0.2) is 0 Å². The molecule has 1 aromatic rings. The fourth-order valence-electron chi connectivity index (χ4n) is 1.51. The molecule has 0 amide bonds. The number of aromatic nitrogens is 2. The Hall–Kier alpha value is -0.870. The molecular formula is C11H22N4. The first-order valence-electron chi connectivity index (χ1n) is 5.63. The van der Waals surface area contributed by atoms with Gasteiger partial charge in [-0.2, -0.15) is 5.10 Å². The molecule has 15 heavy (non-hydrogen) atoms. The number of likely N-dealkylation sites (N-methyl/N-ethyl adjacent to an activating group) is 1. The van der Waals surface area contributed by atoms with Gasteiger partial charge in [-0.15, -0.1) is 0 Å². The Morgan fingerprint density at radius 1 is 1.53 bits per heavy atom. The normalized spacial score (nSPS) is 11.6. The van der Waals surface area contributed by atoms with E-state index in [4.69, 9.17) is 5.73 Å². The fraction of sp³-hybridized carbons (Fsp3) is 0.727. The highest BCUT2D eigenvalue weighted by Crippen LogP contribution is 2.06. The quantitative estimate of drug-likeness (QED) is 0.768. The lowest BCUT2D eigenvalue weighted by molar-refractivity contribution is 0.283. The largest absolute Gasteiger partial charge is 0.329 e. The number of hydrogen-bond donors (Lipinski definition) is 1. The van der Waals surface area contributed by atoms with Crippen LogP contribution in [0.25, 0.3) is 0 Å². The minimum Gasteiger partial charge on any atom is -0.329 e. The molecule has 0 aliphatic carbocycles. The van der Waals surface area contributed by atoms with Gasteiger partial charge in [-0.3, -0.25) is 9.58 Å². The van der Waals surface area contributed by atoms with Gasteiger partial charge < -0.3 is 5.73 Å². The van der Waals surface area contributed by atoms with Crippen LogP contribution in [-0.2, 0) is 6.54 Å². The molecule has 1 aromatic heterocycles. The Balaban J connectivity index is 2.55. The van der Waals surface area contributed by atoms with Gasteiger partial charge in [0.1, 0.15) is 0 Å². The van der Waals surface area contributed by atoms with E-state index in [1.54, 1.807) is 0 Å². The third kappa shape index (κ3) is 3.64. The minimum absolute atomic E-state index is 0.434. The maximum Gasteiger partial charge on any atom is 0.0764 e. The molecule has 0 bridgehead atoms. The molecule has 0 spiro atoms. The van der Waals surface area contributed by atoms with Crippen molar-refractivity contribution in [1.29, 1.82) is 0 Å². The lowest BCUT2D eigenvalue weighted by Crippen LogP contribution is -2.29. The van der Waals surface area contributed by atoms with Gasteiger partial charge in [0.05, 0.1) is 5.69 Å². The van der Waals surface area contributed by atoms with Crippen molar-refractivity contribution in [3.8, 4) is 0 Å². The van der Waals surface area contributed by atoms with Crippen molar-refractivity contribution in [2.24, 2.45) is 5.73 Å². The summed E-state index contributed by atoms with van der Waals surface area (Å²) in [5.74, 6) is 0. The fourth-order valence-corrected chi connectivity index (χ4v) is 1.51. The number of hydrogen-bond acceptors (Lipinski definition) is 3. The van der Waals surface area contributed by atoms with Crippen molar-refractivity contribution < 1.29 is 0 Å². The molecule has 1 rings (SSSR count). The summed E-state index contributed by atoms with van der Waals surface area (Å²) in [6.45, 7) is 9.97. The monoisotopic (exact) mass is 210 g/mol. The molecule has 2 N–H and O–H groups in total. The topological polar surface area (TPSA) is 47.1 Å². The Bertz CT molecular complexity index is 280. The molecule has 0 saturated carbocycles. The van der Waals surface area contributed by atoms with Crippen LogP contribution in [0.5, 0.6) is 0 Å². The Morgan fingerprint density at radius 2 is 2.27 bits per heavy atom. The van der Waals surface area contributed by atoms with Gasteiger partial charge >= 0.3 is 0 Å². The standard InChI is InChI=1S/C11H22N4/c1-4-14(8-6-12)9-11-5-7-15(13-11)10(2)3/h5,7,10H,4,6,8-9,12H2,1-3H3. The van der Waals surface area contributed by atoms with Crippen molar-refractivity contribution in [2.75, 3.05) is 19.6 Å². The van der Waals surface area contributed by atoms with E-state index in [1.165, 1.54) is 0 Å². The molecule has 0 radical (unpaired) electrons. The zero-order valence-corrected chi connectivity index (χ0v) is 9.98. The van der Waals surface area contributed by atoms with Crippen molar-refractivity contribution in [3.63, 3.8) is 0 Å². The first-order valence-corrected chi connectivity index (χ1v) is 5.63. The summed E-state index contributed by atoms with van der Waals surface area (Å²) in [7, 11) is 0. The maximum atomic E-state index is 5.54. The van der Waals surface area contributed by atoms with Gasteiger partial charge in [0, 0.05) is 31.9 Å². The zero-order valence-electron chi connectivity index (χ0n) is 9.98. The molecule has 4 heteroatoms. The van der Waals surface area contributed by atoms with E-state index in [2.05, 4.69) is 36.8 Å². The second-order valence-corrected chi connectivity index (χ2v) is 4.04. The smallest absolute Gasteiger partial charge is 0.0764 e. The Morgan fingerprint density at radius 3 is 2.73 bits per heavy atom. The number of nitrogens with zero attached hydrogens (tertiary/aromatic N) is 3. The Labute approximate surface area is 92.1 Å². The van der Waals surface area contributed by atoms with E-state index in [1.807, 2.05) is 10.9 Å². The first-order chi connectivity index (χ1) is 7.17. The molecule has 0 unspecified atom stereocenters. The summed E-state index contributed by atoms with van der Waals surface area (Å²) >= 11 is 0. The molecule has 86 valence electrons. The van der Waals surface area contributed by atoms with Crippen LogP contribution in [0.15, 0.2) is 12.3 Å². The van der Waals surface area contributed by atoms with Gasteiger partial charge in [-0.05, 0) is 26.5 Å². The van der Waals surface area contributed by atoms with Crippen LogP contribution in [0.3, 0.4) is 0 Å². The summed E-state index contributed by atoms with van der Waals surface area (Å²) in [5, 5.41) is 4.51.